The number of alkyl halides is 1. The zero-order chi connectivity index (χ0) is 11.6. The van der Waals surface area contributed by atoms with Crippen LogP contribution in [0.2, 0.25) is 0 Å². The standard InChI is InChI=1S/C11H16BrNO2/c1-9(2)10(3)4-5-11(9,8(13)15)6(12)7(10)14/h6H,4-5H2,1-3H3,(H2,13,15)/t6-,10+,11-/m1/s1. The van der Waals surface area contributed by atoms with E-state index in [9.17, 15) is 9.59 Å². The average molecular weight is 274 g/mol. The van der Waals surface area contributed by atoms with Gasteiger partial charge in [0.1, 0.15) is 0 Å². The number of ketones is 1. The summed E-state index contributed by atoms with van der Waals surface area (Å²) in [6, 6.07) is 0. The minimum atomic E-state index is -0.696. The molecule has 0 aromatic heterocycles. The summed E-state index contributed by atoms with van der Waals surface area (Å²) in [5, 5.41) is 0. The fourth-order valence-corrected chi connectivity index (χ4v) is 5.03. The quantitative estimate of drug-likeness (QED) is 0.739. The number of amides is 1. The first-order chi connectivity index (χ1) is 6.72. The van der Waals surface area contributed by atoms with E-state index in [1.54, 1.807) is 0 Å². The Morgan fingerprint density at radius 3 is 2.20 bits per heavy atom. The molecular formula is C11H16BrNO2. The van der Waals surface area contributed by atoms with E-state index in [4.69, 9.17) is 5.73 Å². The van der Waals surface area contributed by atoms with Gasteiger partial charge in [-0.05, 0) is 18.3 Å². The SMILES string of the molecule is CC1(C)[C@@]2(C)CC[C@]1(C(N)=O)[C@H](Br)C2=O. The van der Waals surface area contributed by atoms with Crippen LogP contribution in [-0.4, -0.2) is 16.5 Å². The zero-order valence-electron chi connectivity index (χ0n) is 9.26. The normalized spacial score (nSPS) is 47.2. The average Bonchev–Trinajstić information content (AvgIpc) is 2.39. The molecule has 0 radical (unpaired) electrons. The van der Waals surface area contributed by atoms with Gasteiger partial charge in [-0.3, -0.25) is 9.59 Å². The highest BCUT2D eigenvalue weighted by Gasteiger charge is 2.76. The van der Waals surface area contributed by atoms with Crippen LogP contribution in [0, 0.1) is 16.2 Å². The highest BCUT2D eigenvalue weighted by molar-refractivity contribution is 9.10. The van der Waals surface area contributed by atoms with Crippen molar-refractivity contribution in [3.63, 3.8) is 0 Å². The van der Waals surface area contributed by atoms with Crippen molar-refractivity contribution in [1.82, 2.24) is 0 Å². The third kappa shape index (κ3) is 0.846. The number of nitrogens with two attached hydrogens (primary N) is 1. The van der Waals surface area contributed by atoms with E-state index >= 15 is 0 Å². The van der Waals surface area contributed by atoms with E-state index in [0.29, 0.717) is 6.42 Å². The van der Waals surface area contributed by atoms with Crippen molar-refractivity contribution in [3.8, 4) is 0 Å². The second-order valence-electron chi connectivity index (χ2n) is 5.52. The van der Waals surface area contributed by atoms with E-state index in [1.165, 1.54) is 0 Å². The van der Waals surface area contributed by atoms with Gasteiger partial charge in [-0.25, -0.2) is 0 Å². The lowest BCUT2D eigenvalue weighted by atomic mass is 9.65. The van der Waals surface area contributed by atoms with Crippen LogP contribution in [0.5, 0.6) is 0 Å². The van der Waals surface area contributed by atoms with Gasteiger partial charge in [0.25, 0.3) is 0 Å². The van der Waals surface area contributed by atoms with E-state index in [-0.39, 0.29) is 17.1 Å². The summed E-state index contributed by atoms with van der Waals surface area (Å²) in [7, 11) is 0. The van der Waals surface area contributed by atoms with Crippen molar-refractivity contribution in [2.24, 2.45) is 22.0 Å². The van der Waals surface area contributed by atoms with Gasteiger partial charge in [-0.1, -0.05) is 36.7 Å². The van der Waals surface area contributed by atoms with E-state index in [1.807, 2.05) is 20.8 Å². The molecule has 1 amide bonds. The Labute approximate surface area is 97.9 Å². The number of rotatable bonds is 1. The second-order valence-corrected chi connectivity index (χ2v) is 6.44. The first-order valence-electron chi connectivity index (χ1n) is 5.20. The molecule has 0 heterocycles. The van der Waals surface area contributed by atoms with Crippen LogP contribution in [-0.2, 0) is 9.59 Å². The monoisotopic (exact) mass is 273 g/mol. The van der Waals surface area contributed by atoms with E-state index in [0.717, 1.165) is 6.42 Å². The molecule has 15 heavy (non-hydrogen) atoms. The molecule has 2 N–H and O–H groups in total. The molecule has 2 aliphatic rings. The first-order valence-corrected chi connectivity index (χ1v) is 6.12. The zero-order valence-corrected chi connectivity index (χ0v) is 10.8. The second kappa shape index (κ2) is 2.65. The van der Waals surface area contributed by atoms with Gasteiger partial charge in [0.2, 0.25) is 5.91 Å². The summed E-state index contributed by atoms with van der Waals surface area (Å²) in [4.78, 5) is 23.5. The lowest BCUT2D eigenvalue weighted by Crippen LogP contribution is -2.48. The molecule has 84 valence electrons. The van der Waals surface area contributed by atoms with Crippen molar-refractivity contribution in [2.75, 3.05) is 0 Å². The molecule has 0 aromatic carbocycles. The maximum Gasteiger partial charge on any atom is 0.225 e. The van der Waals surface area contributed by atoms with Crippen LogP contribution < -0.4 is 5.73 Å². The Morgan fingerprint density at radius 1 is 1.40 bits per heavy atom. The number of halogens is 1. The van der Waals surface area contributed by atoms with Gasteiger partial charge >= 0.3 is 0 Å². The topological polar surface area (TPSA) is 60.2 Å². The molecule has 4 heteroatoms. The highest BCUT2D eigenvalue weighted by atomic mass is 79.9. The summed E-state index contributed by atoms with van der Waals surface area (Å²) >= 11 is 3.38. The smallest absolute Gasteiger partial charge is 0.225 e. The Balaban J connectivity index is 2.68. The fraction of sp³-hybridized carbons (Fsp3) is 0.818. The Kier molecular flexibility index (Phi) is 1.96. The van der Waals surface area contributed by atoms with E-state index < -0.39 is 15.7 Å². The van der Waals surface area contributed by atoms with Gasteiger partial charge in [-0.15, -0.1) is 0 Å². The Bertz CT molecular complexity index is 366. The molecule has 2 bridgehead atoms. The van der Waals surface area contributed by atoms with Crippen LogP contribution in [0.3, 0.4) is 0 Å². The van der Waals surface area contributed by atoms with E-state index in [2.05, 4.69) is 15.9 Å². The third-order valence-corrected chi connectivity index (χ3v) is 6.36. The molecule has 2 rings (SSSR count). The summed E-state index contributed by atoms with van der Waals surface area (Å²) in [5.74, 6) is -0.207. The molecule has 3 nitrogen and oxygen atoms in total. The minimum Gasteiger partial charge on any atom is -0.369 e. The molecule has 0 unspecified atom stereocenters. The minimum absolute atomic E-state index is 0.137. The predicted octanol–water partition coefficient (Wildman–Crippen LogP) is 1.63. The molecule has 2 saturated carbocycles. The van der Waals surface area contributed by atoms with Gasteiger partial charge in [0.15, 0.2) is 5.78 Å². The Hall–Kier alpha value is -0.380. The van der Waals surface area contributed by atoms with Crippen LogP contribution in [0.1, 0.15) is 33.6 Å². The van der Waals surface area contributed by atoms with Crippen LogP contribution in [0.4, 0.5) is 0 Å². The van der Waals surface area contributed by atoms with Gasteiger partial charge in [0, 0.05) is 5.41 Å². The molecule has 0 spiro atoms. The number of hydrogen-bond donors (Lipinski definition) is 1. The number of carbonyl (C=O) groups excluding carboxylic acids is 2. The predicted molar refractivity (Wildman–Crippen MR) is 60.5 cm³/mol. The van der Waals surface area contributed by atoms with Crippen LogP contribution in [0.15, 0.2) is 0 Å². The third-order valence-electron chi connectivity index (χ3n) is 5.16. The number of Topliss-reactive ketones (excluding diaryl/α,β-unsaturated/α-hetero) is 1. The summed E-state index contributed by atoms with van der Waals surface area (Å²) in [6.07, 6.45) is 1.48. The molecule has 3 atom stereocenters. The number of primary amides is 1. The van der Waals surface area contributed by atoms with Gasteiger partial charge < -0.3 is 5.73 Å². The van der Waals surface area contributed by atoms with Gasteiger partial charge in [0.05, 0.1) is 10.2 Å². The lowest BCUT2D eigenvalue weighted by molar-refractivity contribution is -0.132. The largest absolute Gasteiger partial charge is 0.369 e. The molecule has 0 saturated heterocycles. The molecular weight excluding hydrogens is 258 g/mol. The highest BCUT2D eigenvalue weighted by Crippen LogP contribution is 2.71. The number of fused-ring (bicyclic) bond motifs is 2. The number of hydrogen-bond acceptors (Lipinski definition) is 2. The van der Waals surface area contributed by atoms with Crippen molar-refractivity contribution in [2.45, 2.75) is 38.4 Å². The van der Waals surface area contributed by atoms with Crippen molar-refractivity contribution in [3.05, 3.63) is 0 Å². The maximum atomic E-state index is 12.2. The van der Waals surface area contributed by atoms with Crippen LogP contribution in [0.25, 0.3) is 0 Å². The molecule has 0 aliphatic heterocycles. The van der Waals surface area contributed by atoms with Crippen molar-refractivity contribution < 1.29 is 9.59 Å². The molecule has 0 aromatic rings. The summed E-state index contributed by atoms with van der Waals surface area (Å²) in [6.45, 7) is 5.94. The van der Waals surface area contributed by atoms with Crippen molar-refractivity contribution >= 4 is 27.6 Å². The van der Waals surface area contributed by atoms with Crippen molar-refractivity contribution in [1.29, 1.82) is 0 Å². The first kappa shape index (κ1) is 11.1. The lowest BCUT2D eigenvalue weighted by Gasteiger charge is -2.38. The molecule has 2 fully saturated rings. The van der Waals surface area contributed by atoms with Crippen LogP contribution >= 0.6 is 15.9 Å². The Morgan fingerprint density at radius 2 is 1.93 bits per heavy atom. The van der Waals surface area contributed by atoms with Gasteiger partial charge in [-0.2, -0.15) is 0 Å². The summed E-state index contributed by atoms with van der Waals surface area (Å²) in [5.41, 5.74) is 4.08. The number of carbonyl (C=O) groups is 2. The summed E-state index contributed by atoms with van der Waals surface area (Å²) < 4.78 is 0. The molecule has 2 aliphatic carbocycles. The maximum absolute atomic E-state index is 12.2. The fourth-order valence-electron chi connectivity index (χ4n) is 3.50.